The number of fused-ring (bicyclic) bond motifs is 2. The van der Waals surface area contributed by atoms with E-state index in [0.29, 0.717) is 24.4 Å². The van der Waals surface area contributed by atoms with Crippen LogP contribution >= 0.6 is 11.6 Å². The van der Waals surface area contributed by atoms with Gasteiger partial charge in [0.15, 0.2) is 5.76 Å². The van der Waals surface area contributed by atoms with Crippen LogP contribution in [0.1, 0.15) is 30.4 Å². The van der Waals surface area contributed by atoms with Crippen molar-refractivity contribution < 1.29 is 19.1 Å². The third kappa shape index (κ3) is 5.15. The van der Waals surface area contributed by atoms with Crippen LogP contribution in [-0.2, 0) is 20.7 Å². The first-order valence-electron chi connectivity index (χ1n) is 11.9. The van der Waals surface area contributed by atoms with E-state index >= 15 is 0 Å². The predicted molar refractivity (Wildman–Crippen MR) is 135 cm³/mol. The number of amides is 2. The van der Waals surface area contributed by atoms with E-state index in [0.717, 1.165) is 40.6 Å². The Morgan fingerprint density at radius 1 is 1.26 bits per heavy atom. The monoisotopic (exact) mass is 493 g/mol. The van der Waals surface area contributed by atoms with Crippen LogP contribution in [-0.4, -0.2) is 42.6 Å². The number of aromatic amines is 1. The van der Waals surface area contributed by atoms with Gasteiger partial charge in [0.2, 0.25) is 5.91 Å². The van der Waals surface area contributed by atoms with Crippen molar-refractivity contribution in [2.45, 2.75) is 37.8 Å². The lowest BCUT2D eigenvalue weighted by molar-refractivity contribution is -0.134. The van der Waals surface area contributed by atoms with Crippen molar-refractivity contribution in [3.05, 3.63) is 70.6 Å². The van der Waals surface area contributed by atoms with E-state index in [1.807, 2.05) is 36.5 Å². The van der Waals surface area contributed by atoms with Gasteiger partial charge in [0, 0.05) is 34.6 Å². The number of hydrogen-bond acceptors (Lipinski definition) is 4. The fourth-order valence-corrected chi connectivity index (χ4v) is 5.13. The summed E-state index contributed by atoms with van der Waals surface area (Å²) in [5.74, 6) is 0.701. The molecule has 3 aromatic rings. The number of halogens is 1. The number of H-pyrrole nitrogens is 1. The van der Waals surface area contributed by atoms with Gasteiger partial charge in [-0.25, -0.2) is 0 Å². The van der Waals surface area contributed by atoms with Crippen molar-refractivity contribution in [3.8, 4) is 5.75 Å². The Kier molecular flexibility index (Phi) is 6.68. The Morgan fingerprint density at radius 2 is 2.14 bits per heavy atom. The standard InChI is InChI=1S/C27H28ClN3O4/c1-34-20-6-7-22-21(14-20)18(15-30-22)9-10-29-26(32)17-5-8-24-23(13-17)31-27(33)25(35-24)12-16-3-2-4-19(28)11-16/h2-4,6-7,11-12,14-15,17,23-24,30H,5,8-10,13H2,1H3,(H,29,32)(H,31,33)/b25-12-. The van der Waals surface area contributed by atoms with E-state index in [4.69, 9.17) is 21.1 Å². The minimum Gasteiger partial charge on any atom is -0.497 e. The van der Waals surface area contributed by atoms with Crippen LogP contribution in [0.15, 0.2) is 54.4 Å². The fourth-order valence-electron chi connectivity index (χ4n) is 4.93. The maximum atomic E-state index is 12.9. The zero-order chi connectivity index (χ0) is 24.4. The largest absolute Gasteiger partial charge is 0.497 e. The molecule has 3 atom stereocenters. The molecule has 2 amide bonds. The molecule has 1 aliphatic carbocycles. The van der Waals surface area contributed by atoms with Crippen LogP contribution in [0.25, 0.3) is 17.0 Å². The van der Waals surface area contributed by atoms with Crippen molar-refractivity contribution in [3.63, 3.8) is 0 Å². The summed E-state index contributed by atoms with van der Waals surface area (Å²) in [6.45, 7) is 0.545. The van der Waals surface area contributed by atoms with Gasteiger partial charge in [-0.15, -0.1) is 0 Å². The first-order valence-corrected chi connectivity index (χ1v) is 12.2. The number of aromatic nitrogens is 1. The number of morpholine rings is 1. The van der Waals surface area contributed by atoms with E-state index in [-0.39, 0.29) is 35.6 Å². The van der Waals surface area contributed by atoms with Gasteiger partial charge in [0.1, 0.15) is 11.9 Å². The van der Waals surface area contributed by atoms with Crippen molar-refractivity contribution >= 4 is 40.4 Å². The summed E-state index contributed by atoms with van der Waals surface area (Å²) in [5.41, 5.74) is 2.99. The molecule has 0 radical (unpaired) electrons. The third-order valence-electron chi connectivity index (χ3n) is 6.79. The highest BCUT2D eigenvalue weighted by atomic mass is 35.5. The summed E-state index contributed by atoms with van der Waals surface area (Å²) in [6, 6.07) is 13.0. The van der Waals surface area contributed by atoms with Crippen molar-refractivity contribution in [1.82, 2.24) is 15.6 Å². The number of nitrogens with one attached hydrogen (secondary N) is 3. The van der Waals surface area contributed by atoms with Gasteiger partial charge in [-0.1, -0.05) is 23.7 Å². The molecule has 2 aliphatic rings. The Bertz CT molecular complexity index is 1280. The molecule has 2 heterocycles. The lowest BCUT2D eigenvalue weighted by Crippen LogP contribution is -2.54. The number of carbonyl (C=O) groups excluding carboxylic acids is 2. The summed E-state index contributed by atoms with van der Waals surface area (Å²) >= 11 is 6.04. The van der Waals surface area contributed by atoms with E-state index in [1.54, 1.807) is 25.3 Å². The smallest absolute Gasteiger partial charge is 0.286 e. The van der Waals surface area contributed by atoms with Gasteiger partial charge in [-0.05, 0) is 73.2 Å². The summed E-state index contributed by atoms with van der Waals surface area (Å²) in [7, 11) is 1.65. The molecule has 1 aliphatic heterocycles. The highest BCUT2D eigenvalue weighted by Crippen LogP contribution is 2.32. The average Bonchev–Trinajstić information content (AvgIpc) is 3.26. The summed E-state index contributed by atoms with van der Waals surface area (Å²) < 4.78 is 11.4. The molecular weight excluding hydrogens is 466 g/mol. The summed E-state index contributed by atoms with van der Waals surface area (Å²) in [4.78, 5) is 28.8. The van der Waals surface area contributed by atoms with Crippen LogP contribution < -0.4 is 15.4 Å². The topological polar surface area (TPSA) is 92.4 Å². The molecule has 5 rings (SSSR count). The first-order chi connectivity index (χ1) is 17.0. The normalized spacial score (nSPS) is 22.9. The molecule has 182 valence electrons. The van der Waals surface area contributed by atoms with Crippen molar-refractivity contribution in [1.29, 1.82) is 0 Å². The molecule has 2 aromatic carbocycles. The maximum Gasteiger partial charge on any atom is 0.286 e. The molecule has 3 N–H and O–H groups in total. The number of methoxy groups -OCH3 is 1. The summed E-state index contributed by atoms with van der Waals surface area (Å²) in [5, 5.41) is 7.81. The minimum absolute atomic E-state index is 0.0235. The van der Waals surface area contributed by atoms with Gasteiger partial charge in [-0.3, -0.25) is 9.59 Å². The second-order valence-corrected chi connectivity index (χ2v) is 9.51. The molecule has 3 unspecified atom stereocenters. The fraction of sp³-hybridized carbons (Fsp3) is 0.333. The van der Waals surface area contributed by atoms with Gasteiger partial charge in [0.05, 0.1) is 13.2 Å². The molecule has 35 heavy (non-hydrogen) atoms. The first kappa shape index (κ1) is 23.3. The van der Waals surface area contributed by atoms with Crippen LogP contribution in [0.2, 0.25) is 5.02 Å². The second kappa shape index (κ2) is 10.0. The quantitative estimate of drug-likeness (QED) is 0.448. The van der Waals surface area contributed by atoms with E-state index in [1.165, 1.54) is 0 Å². The number of rotatable bonds is 6. The van der Waals surface area contributed by atoms with Gasteiger partial charge in [-0.2, -0.15) is 0 Å². The Balaban J connectivity index is 1.15. The van der Waals surface area contributed by atoms with Crippen LogP contribution in [0.4, 0.5) is 0 Å². The van der Waals surface area contributed by atoms with Crippen LogP contribution in [0, 0.1) is 5.92 Å². The third-order valence-corrected chi connectivity index (χ3v) is 7.03. The van der Waals surface area contributed by atoms with Gasteiger partial charge >= 0.3 is 0 Å². The van der Waals surface area contributed by atoms with Crippen molar-refractivity contribution in [2.24, 2.45) is 5.92 Å². The van der Waals surface area contributed by atoms with E-state index < -0.39 is 0 Å². The average molecular weight is 494 g/mol. The number of carbonyl (C=O) groups is 2. The zero-order valence-corrected chi connectivity index (χ0v) is 20.2. The minimum atomic E-state index is -0.262. The van der Waals surface area contributed by atoms with Gasteiger partial charge < -0.3 is 25.1 Å². The van der Waals surface area contributed by atoms with Gasteiger partial charge in [0.25, 0.3) is 5.91 Å². The number of ether oxygens (including phenoxy) is 2. The Labute approximate surface area is 208 Å². The van der Waals surface area contributed by atoms with Crippen LogP contribution in [0.5, 0.6) is 5.75 Å². The lowest BCUT2D eigenvalue weighted by Gasteiger charge is -2.39. The van der Waals surface area contributed by atoms with Crippen LogP contribution in [0.3, 0.4) is 0 Å². The predicted octanol–water partition coefficient (Wildman–Crippen LogP) is 4.21. The summed E-state index contributed by atoms with van der Waals surface area (Å²) in [6.07, 6.45) is 6.26. The maximum absolute atomic E-state index is 12.9. The molecular formula is C27H28ClN3O4. The lowest BCUT2D eigenvalue weighted by atomic mass is 9.82. The molecule has 0 bridgehead atoms. The van der Waals surface area contributed by atoms with Crippen molar-refractivity contribution in [2.75, 3.05) is 13.7 Å². The molecule has 7 nitrogen and oxygen atoms in total. The molecule has 2 fully saturated rings. The van der Waals surface area contributed by atoms with E-state index in [2.05, 4.69) is 15.6 Å². The SMILES string of the molecule is COc1ccc2[nH]cc(CCNC(=O)C3CCC4O/C(=C\c5cccc(Cl)c5)C(=O)NC4C3)c2c1. The Hall–Kier alpha value is -3.45. The molecule has 1 aromatic heterocycles. The molecule has 0 spiro atoms. The molecule has 1 saturated heterocycles. The zero-order valence-electron chi connectivity index (χ0n) is 19.5. The van der Waals surface area contributed by atoms with E-state index in [9.17, 15) is 9.59 Å². The highest BCUT2D eigenvalue weighted by molar-refractivity contribution is 6.30. The molecule has 8 heteroatoms. The molecule has 1 saturated carbocycles. The number of benzene rings is 2. The number of hydrogen-bond donors (Lipinski definition) is 3. The highest BCUT2D eigenvalue weighted by Gasteiger charge is 2.40. The second-order valence-electron chi connectivity index (χ2n) is 9.08. The Morgan fingerprint density at radius 3 is 2.97 bits per heavy atom.